The van der Waals surface area contributed by atoms with Crippen molar-refractivity contribution in [3.8, 4) is 0 Å². The van der Waals surface area contributed by atoms with Crippen LogP contribution in [0.3, 0.4) is 0 Å². The molecule has 7 nitrogen and oxygen atoms in total. The molecule has 0 unspecified atom stereocenters. The standard InChI is InChI=1S/C21H31N7/c1-15-18(16(2)27(5)26-15)11-13-24-21(22-4)23-12-8-14-28-17(3)25-19-9-6-7-10-20(19)28/h6-7,9-10H,8,11-14H2,1-5H3,(H2,22,23,24). The Balaban J connectivity index is 1.45. The third-order valence-corrected chi connectivity index (χ3v) is 5.25. The quantitative estimate of drug-likeness (QED) is 0.375. The molecule has 0 spiro atoms. The van der Waals surface area contributed by atoms with Crippen molar-refractivity contribution in [3.63, 3.8) is 0 Å². The lowest BCUT2D eigenvalue weighted by Gasteiger charge is -2.13. The molecule has 2 heterocycles. The molecule has 1 aromatic carbocycles. The van der Waals surface area contributed by atoms with Gasteiger partial charge in [0.15, 0.2) is 5.96 Å². The summed E-state index contributed by atoms with van der Waals surface area (Å²) in [5, 5.41) is 11.3. The van der Waals surface area contributed by atoms with Crippen molar-refractivity contribution in [1.82, 2.24) is 30.0 Å². The fourth-order valence-electron chi connectivity index (χ4n) is 3.63. The van der Waals surface area contributed by atoms with Gasteiger partial charge in [-0.1, -0.05) is 12.1 Å². The van der Waals surface area contributed by atoms with E-state index in [0.29, 0.717) is 0 Å². The molecule has 2 N–H and O–H groups in total. The topological polar surface area (TPSA) is 72.1 Å². The molecule has 150 valence electrons. The van der Waals surface area contributed by atoms with Crippen LogP contribution in [-0.4, -0.2) is 45.4 Å². The van der Waals surface area contributed by atoms with Crippen LogP contribution < -0.4 is 10.6 Å². The van der Waals surface area contributed by atoms with Gasteiger partial charge in [0.1, 0.15) is 5.82 Å². The summed E-state index contributed by atoms with van der Waals surface area (Å²) in [4.78, 5) is 8.95. The van der Waals surface area contributed by atoms with Gasteiger partial charge in [0, 0.05) is 39.4 Å². The van der Waals surface area contributed by atoms with Crippen molar-refractivity contribution >= 4 is 17.0 Å². The van der Waals surface area contributed by atoms with Crippen molar-refractivity contribution in [2.24, 2.45) is 12.0 Å². The highest BCUT2D eigenvalue weighted by Crippen LogP contribution is 2.15. The van der Waals surface area contributed by atoms with Crippen LogP contribution in [0.15, 0.2) is 29.3 Å². The summed E-state index contributed by atoms with van der Waals surface area (Å²) < 4.78 is 4.22. The maximum Gasteiger partial charge on any atom is 0.190 e. The number of rotatable bonds is 7. The number of benzene rings is 1. The number of imidazole rings is 1. The summed E-state index contributed by atoms with van der Waals surface area (Å²) >= 11 is 0. The zero-order valence-electron chi connectivity index (χ0n) is 17.6. The number of hydrogen-bond acceptors (Lipinski definition) is 3. The van der Waals surface area contributed by atoms with E-state index in [2.05, 4.69) is 69.2 Å². The summed E-state index contributed by atoms with van der Waals surface area (Å²) in [6.07, 6.45) is 1.94. The molecule has 7 heteroatoms. The largest absolute Gasteiger partial charge is 0.356 e. The first kappa shape index (κ1) is 19.9. The number of aryl methyl sites for hydroxylation is 4. The van der Waals surface area contributed by atoms with Crippen LogP contribution in [0.2, 0.25) is 0 Å². The van der Waals surface area contributed by atoms with Crippen LogP contribution in [0.1, 0.15) is 29.2 Å². The van der Waals surface area contributed by atoms with Gasteiger partial charge in [-0.3, -0.25) is 9.67 Å². The first-order chi connectivity index (χ1) is 13.5. The second-order valence-electron chi connectivity index (χ2n) is 7.10. The van der Waals surface area contributed by atoms with E-state index >= 15 is 0 Å². The molecule has 28 heavy (non-hydrogen) atoms. The third-order valence-electron chi connectivity index (χ3n) is 5.25. The van der Waals surface area contributed by atoms with Gasteiger partial charge < -0.3 is 15.2 Å². The van der Waals surface area contributed by atoms with E-state index in [1.807, 2.05) is 24.8 Å². The summed E-state index contributed by atoms with van der Waals surface area (Å²) in [7, 11) is 3.80. The molecule has 0 saturated heterocycles. The maximum atomic E-state index is 4.63. The first-order valence-electron chi connectivity index (χ1n) is 9.86. The average Bonchev–Trinajstić information content (AvgIpc) is 3.13. The van der Waals surface area contributed by atoms with Crippen LogP contribution in [0.5, 0.6) is 0 Å². The van der Waals surface area contributed by atoms with Gasteiger partial charge in [0.05, 0.1) is 16.7 Å². The Kier molecular flexibility index (Phi) is 6.34. The smallest absolute Gasteiger partial charge is 0.190 e. The van der Waals surface area contributed by atoms with Gasteiger partial charge in [0.25, 0.3) is 0 Å². The highest BCUT2D eigenvalue weighted by Gasteiger charge is 2.09. The fraction of sp³-hybridized carbons (Fsp3) is 0.476. The molecule has 0 aliphatic heterocycles. The highest BCUT2D eigenvalue weighted by molar-refractivity contribution is 5.79. The number of hydrogen-bond donors (Lipinski definition) is 2. The molecule has 0 fully saturated rings. The second kappa shape index (κ2) is 8.91. The Labute approximate surface area is 166 Å². The number of fused-ring (bicyclic) bond motifs is 1. The van der Waals surface area contributed by atoms with Crippen molar-refractivity contribution < 1.29 is 0 Å². The Hall–Kier alpha value is -2.83. The molecule has 2 aromatic heterocycles. The molecule has 3 aromatic rings. The van der Waals surface area contributed by atoms with Gasteiger partial charge in [-0.15, -0.1) is 0 Å². The SMILES string of the molecule is CN=C(NCCCn1c(C)nc2ccccc21)NCCc1c(C)nn(C)c1C. The van der Waals surface area contributed by atoms with Gasteiger partial charge in [0.2, 0.25) is 0 Å². The van der Waals surface area contributed by atoms with Gasteiger partial charge in [-0.2, -0.15) is 5.10 Å². The molecule has 0 saturated carbocycles. The van der Waals surface area contributed by atoms with Crippen molar-refractivity contribution in [2.75, 3.05) is 20.1 Å². The van der Waals surface area contributed by atoms with Crippen LogP contribution in [0, 0.1) is 20.8 Å². The molecule has 0 radical (unpaired) electrons. The summed E-state index contributed by atoms with van der Waals surface area (Å²) in [6, 6.07) is 8.29. The Morgan fingerprint density at radius 2 is 1.86 bits per heavy atom. The Morgan fingerprint density at radius 1 is 1.11 bits per heavy atom. The van der Waals surface area contributed by atoms with Crippen LogP contribution in [0.4, 0.5) is 0 Å². The fourth-order valence-corrected chi connectivity index (χ4v) is 3.63. The molecule has 0 aliphatic carbocycles. The Morgan fingerprint density at radius 3 is 2.57 bits per heavy atom. The number of nitrogens with zero attached hydrogens (tertiary/aromatic N) is 5. The normalized spacial score (nSPS) is 12.0. The summed E-state index contributed by atoms with van der Waals surface area (Å²) in [5.74, 6) is 1.90. The first-order valence-corrected chi connectivity index (χ1v) is 9.86. The lowest BCUT2D eigenvalue weighted by molar-refractivity contribution is 0.624. The monoisotopic (exact) mass is 381 g/mol. The molecular formula is C21H31N7. The minimum absolute atomic E-state index is 0.832. The number of nitrogens with one attached hydrogen (secondary N) is 2. The van der Waals surface area contributed by atoms with Gasteiger partial charge >= 0.3 is 0 Å². The zero-order valence-corrected chi connectivity index (χ0v) is 17.6. The van der Waals surface area contributed by atoms with E-state index in [4.69, 9.17) is 0 Å². The van der Waals surface area contributed by atoms with E-state index in [1.165, 1.54) is 16.8 Å². The average molecular weight is 382 g/mol. The third kappa shape index (κ3) is 4.35. The van der Waals surface area contributed by atoms with Crippen LogP contribution in [0.25, 0.3) is 11.0 Å². The second-order valence-corrected chi connectivity index (χ2v) is 7.10. The minimum atomic E-state index is 0.832. The highest BCUT2D eigenvalue weighted by atomic mass is 15.3. The zero-order chi connectivity index (χ0) is 20.1. The predicted octanol–water partition coefficient (Wildman–Crippen LogP) is 2.49. The molecule has 0 aliphatic rings. The summed E-state index contributed by atoms with van der Waals surface area (Å²) in [5.41, 5.74) is 5.90. The van der Waals surface area contributed by atoms with E-state index < -0.39 is 0 Å². The van der Waals surface area contributed by atoms with Crippen LogP contribution >= 0.6 is 0 Å². The van der Waals surface area contributed by atoms with Crippen molar-refractivity contribution in [3.05, 3.63) is 47.0 Å². The lowest BCUT2D eigenvalue weighted by Crippen LogP contribution is -2.39. The van der Waals surface area contributed by atoms with E-state index in [9.17, 15) is 0 Å². The van der Waals surface area contributed by atoms with Crippen molar-refractivity contribution in [1.29, 1.82) is 0 Å². The van der Waals surface area contributed by atoms with Crippen molar-refractivity contribution in [2.45, 2.75) is 40.2 Å². The van der Waals surface area contributed by atoms with E-state index in [1.54, 1.807) is 0 Å². The van der Waals surface area contributed by atoms with Gasteiger partial charge in [-0.25, -0.2) is 4.98 Å². The summed E-state index contributed by atoms with van der Waals surface area (Å²) in [6.45, 7) is 8.87. The van der Waals surface area contributed by atoms with Gasteiger partial charge in [-0.05, 0) is 51.3 Å². The predicted molar refractivity (Wildman–Crippen MR) is 115 cm³/mol. The number of guanidine groups is 1. The Bertz CT molecular complexity index is 965. The number of aliphatic imine (C=N–C) groups is 1. The lowest BCUT2D eigenvalue weighted by atomic mass is 10.1. The van der Waals surface area contributed by atoms with Crippen LogP contribution in [-0.2, 0) is 20.0 Å². The van der Waals surface area contributed by atoms with E-state index in [0.717, 1.165) is 55.5 Å². The number of para-hydroxylation sites is 2. The van der Waals surface area contributed by atoms with E-state index in [-0.39, 0.29) is 0 Å². The molecule has 0 amide bonds. The number of aromatic nitrogens is 4. The minimum Gasteiger partial charge on any atom is -0.356 e. The molecular weight excluding hydrogens is 350 g/mol. The maximum absolute atomic E-state index is 4.63. The molecule has 3 rings (SSSR count). The molecule has 0 bridgehead atoms. The molecule has 0 atom stereocenters.